The molecule has 1 rings (SSSR count). The van der Waals surface area contributed by atoms with Gasteiger partial charge in [-0.15, -0.1) is 0 Å². The maximum Gasteiger partial charge on any atom is 0.150 e. The normalized spacial score (nSPS) is 12.3. The van der Waals surface area contributed by atoms with Crippen molar-refractivity contribution in [3.63, 3.8) is 0 Å². The first-order chi connectivity index (χ1) is 6.56. The Morgan fingerprint density at radius 3 is 2.71 bits per heavy atom. The molecule has 0 amide bonds. The van der Waals surface area contributed by atoms with Crippen LogP contribution in [0.15, 0.2) is 18.2 Å². The van der Waals surface area contributed by atoms with Gasteiger partial charge in [-0.2, -0.15) is 0 Å². The number of nitrogens with two attached hydrogens (primary N) is 1. The van der Waals surface area contributed by atoms with Crippen LogP contribution >= 0.6 is 11.6 Å². The second-order valence-electron chi connectivity index (χ2n) is 2.98. The van der Waals surface area contributed by atoms with E-state index in [4.69, 9.17) is 22.1 Å². The summed E-state index contributed by atoms with van der Waals surface area (Å²) in [7, 11) is 1.52. The highest BCUT2D eigenvalue weighted by Gasteiger charge is 2.12. The molecule has 0 bridgehead atoms. The van der Waals surface area contributed by atoms with E-state index >= 15 is 0 Å². The number of ketones is 1. The third-order valence-corrected chi connectivity index (χ3v) is 2.28. The Hall–Kier alpha value is -1.06. The first-order valence-corrected chi connectivity index (χ1v) is 4.53. The standard InChI is InChI=1S/C10H12ClNO2/c1-6(13)10(12)7-3-4-8(11)9(5-7)14-2/h3-5,10H,12H2,1-2H3. The summed E-state index contributed by atoms with van der Waals surface area (Å²) >= 11 is 5.83. The van der Waals surface area contributed by atoms with Crippen LogP contribution < -0.4 is 10.5 Å². The minimum atomic E-state index is -0.610. The van der Waals surface area contributed by atoms with E-state index in [-0.39, 0.29) is 5.78 Å². The number of ether oxygens (including phenoxy) is 1. The van der Waals surface area contributed by atoms with E-state index in [1.54, 1.807) is 18.2 Å². The Bertz CT molecular complexity index is 352. The van der Waals surface area contributed by atoms with Crippen molar-refractivity contribution >= 4 is 17.4 Å². The predicted octanol–water partition coefficient (Wildman–Crippen LogP) is 1.94. The zero-order valence-corrected chi connectivity index (χ0v) is 8.84. The first kappa shape index (κ1) is 11.0. The molecule has 1 unspecified atom stereocenters. The van der Waals surface area contributed by atoms with Crippen LogP contribution in [0.3, 0.4) is 0 Å². The zero-order valence-electron chi connectivity index (χ0n) is 8.08. The highest BCUT2D eigenvalue weighted by Crippen LogP contribution is 2.27. The summed E-state index contributed by atoms with van der Waals surface area (Å²) in [6.07, 6.45) is 0. The summed E-state index contributed by atoms with van der Waals surface area (Å²) < 4.78 is 5.02. The summed E-state index contributed by atoms with van der Waals surface area (Å²) in [6, 6.07) is 4.45. The van der Waals surface area contributed by atoms with Crippen molar-refractivity contribution in [1.82, 2.24) is 0 Å². The van der Waals surface area contributed by atoms with Gasteiger partial charge in [-0.25, -0.2) is 0 Å². The van der Waals surface area contributed by atoms with E-state index in [9.17, 15) is 4.79 Å². The number of carbonyl (C=O) groups excluding carboxylic acids is 1. The largest absolute Gasteiger partial charge is 0.495 e. The number of hydrogen-bond donors (Lipinski definition) is 1. The van der Waals surface area contributed by atoms with Crippen LogP contribution in [-0.2, 0) is 4.79 Å². The average molecular weight is 214 g/mol. The summed E-state index contributed by atoms with van der Waals surface area (Å²) in [6.45, 7) is 1.45. The van der Waals surface area contributed by atoms with Crippen molar-refractivity contribution < 1.29 is 9.53 Å². The molecule has 0 spiro atoms. The van der Waals surface area contributed by atoms with E-state index in [2.05, 4.69) is 0 Å². The Labute approximate surface area is 87.8 Å². The topological polar surface area (TPSA) is 52.3 Å². The van der Waals surface area contributed by atoms with Gasteiger partial charge < -0.3 is 10.5 Å². The van der Waals surface area contributed by atoms with Gasteiger partial charge in [0.2, 0.25) is 0 Å². The van der Waals surface area contributed by atoms with Gasteiger partial charge in [-0.3, -0.25) is 4.79 Å². The molecule has 1 aromatic rings. The molecular weight excluding hydrogens is 202 g/mol. The highest BCUT2D eigenvalue weighted by molar-refractivity contribution is 6.32. The lowest BCUT2D eigenvalue weighted by molar-refractivity contribution is -0.118. The second kappa shape index (κ2) is 4.44. The summed E-state index contributed by atoms with van der Waals surface area (Å²) in [5.74, 6) is 0.440. The minimum Gasteiger partial charge on any atom is -0.495 e. The smallest absolute Gasteiger partial charge is 0.150 e. The zero-order chi connectivity index (χ0) is 10.7. The van der Waals surface area contributed by atoms with E-state index in [0.29, 0.717) is 16.3 Å². The van der Waals surface area contributed by atoms with Crippen molar-refractivity contribution in [3.8, 4) is 5.75 Å². The molecule has 1 aromatic carbocycles. The molecule has 14 heavy (non-hydrogen) atoms. The van der Waals surface area contributed by atoms with Crippen LogP contribution in [0.5, 0.6) is 5.75 Å². The number of benzene rings is 1. The van der Waals surface area contributed by atoms with Gasteiger partial charge in [0.1, 0.15) is 5.75 Å². The van der Waals surface area contributed by atoms with Crippen molar-refractivity contribution in [2.24, 2.45) is 5.73 Å². The van der Waals surface area contributed by atoms with E-state index in [1.807, 2.05) is 0 Å². The van der Waals surface area contributed by atoms with Crippen molar-refractivity contribution in [3.05, 3.63) is 28.8 Å². The first-order valence-electron chi connectivity index (χ1n) is 4.15. The van der Waals surface area contributed by atoms with Crippen LogP contribution in [0.2, 0.25) is 5.02 Å². The lowest BCUT2D eigenvalue weighted by Gasteiger charge is -2.10. The molecule has 0 fully saturated rings. The Kier molecular flexibility index (Phi) is 3.49. The van der Waals surface area contributed by atoms with Gasteiger partial charge in [0.15, 0.2) is 5.78 Å². The van der Waals surface area contributed by atoms with Crippen LogP contribution in [0.1, 0.15) is 18.5 Å². The van der Waals surface area contributed by atoms with Crippen molar-refractivity contribution in [1.29, 1.82) is 0 Å². The number of carbonyl (C=O) groups is 1. The van der Waals surface area contributed by atoms with E-state index < -0.39 is 6.04 Å². The van der Waals surface area contributed by atoms with Gasteiger partial charge in [0.25, 0.3) is 0 Å². The predicted molar refractivity (Wildman–Crippen MR) is 55.6 cm³/mol. The second-order valence-corrected chi connectivity index (χ2v) is 3.39. The van der Waals surface area contributed by atoms with Gasteiger partial charge in [0.05, 0.1) is 18.2 Å². The fraction of sp³-hybridized carbons (Fsp3) is 0.300. The Morgan fingerprint density at radius 1 is 1.57 bits per heavy atom. The molecule has 0 aliphatic carbocycles. The lowest BCUT2D eigenvalue weighted by atomic mass is 10.0. The quantitative estimate of drug-likeness (QED) is 0.835. The van der Waals surface area contributed by atoms with Gasteiger partial charge in [-0.1, -0.05) is 17.7 Å². The van der Waals surface area contributed by atoms with Gasteiger partial charge >= 0.3 is 0 Å². The van der Waals surface area contributed by atoms with Crippen molar-refractivity contribution in [2.75, 3.05) is 7.11 Å². The summed E-state index contributed by atoms with van der Waals surface area (Å²) in [4.78, 5) is 11.0. The van der Waals surface area contributed by atoms with Gasteiger partial charge in [-0.05, 0) is 24.6 Å². The van der Waals surface area contributed by atoms with Crippen LogP contribution in [-0.4, -0.2) is 12.9 Å². The van der Waals surface area contributed by atoms with E-state index in [0.717, 1.165) is 0 Å². The fourth-order valence-corrected chi connectivity index (χ4v) is 1.30. The maximum atomic E-state index is 11.0. The van der Waals surface area contributed by atoms with Crippen molar-refractivity contribution in [2.45, 2.75) is 13.0 Å². The number of hydrogen-bond acceptors (Lipinski definition) is 3. The number of Topliss-reactive ketones (excluding diaryl/α,β-unsaturated/α-hetero) is 1. The SMILES string of the molecule is COc1cc(C(N)C(C)=O)ccc1Cl. The summed E-state index contributed by atoms with van der Waals surface area (Å²) in [5.41, 5.74) is 6.37. The number of methoxy groups -OCH3 is 1. The molecule has 0 aliphatic heterocycles. The molecule has 0 saturated heterocycles. The van der Waals surface area contributed by atoms with Crippen LogP contribution in [0.25, 0.3) is 0 Å². The molecule has 76 valence electrons. The molecule has 1 atom stereocenters. The summed E-state index contributed by atoms with van der Waals surface area (Å²) in [5, 5.41) is 0.506. The van der Waals surface area contributed by atoms with E-state index in [1.165, 1.54) is 14.0 Å². The lowest BCUT2D eigenvalue weighted by Crippen LogP contribution is -2.18. The van der Waals surface area contributed by atoms with Gasteiger partial charge in [0, 0.05) is 0 Å². The third-order valence-electron chi connectivity index (χ3n) is 1.97. The highest BCUT2D eigenvalue weighted by atomic mass is 35.5. The maximum absolute atomic E-state index is 11.0. The molecule has 0 radical (unpaired) electrons. The average Bonchev–Trinajstić information content (AvgIpc) is 2.17. The third kappa shape index (κ3) is 2.25. The monoisotopic (exact) mass is 213 g/mol. The molecular formula is C10H12ClNO2. The molecule has 0 heterocycles. The molecule has 0 saturated carbocycles. The van der Waals surface area contributed by atoms with Crippen LogP contribution in [0, 0.1) is 0 Å². The molecule has 0 aromatic heterocycles. The Morgan fingerprint density at radius 2 is 2.21 bits per heavy atom. The van der Waals surface area contributed by atoms with Crippen LogP contribution in [0.4, 0.5) is 0 Å². The molecule has 2 N–H and O–H groups in total. The number of halogens is 1. The molecule has 3 nitrogen and oxygen atoms in total. The Balaban J connectivity index is 3.06. The molecule has 0 aliphatic rings. The fourth-order valence-electron chi connectivity index (χ4n) is 1.10. The number of rotatable bonds is 3. The minimum absolute atomic E-state index is 0.0885. The molecule has 4 heteroatoms.